The maximum atomic E-state index is 11.9. The van der Waals surface area contributed by atoms with E-state index in [2.05, 4.69) is 5.32 Å². The molecule has 0 aliphatic carbocycles. The number of nitrogens with one attached hydrogen (secondary N) is 1. The molecule has 0 saturated heterocycles. The number of carbonyl (C=O) groups excluding carboxylic acids is 2. The first-order chi connectivity index (χ1) is 9.95. The van der Waals surface area contributed by atoms with Crippen LogP contribution in [0.3, 0.4) is 0 Å². The van der Waals surface area contributed by atoms with Gasteiger partial charge in [0.15, 0.2) is 0 Å². The van der Waals surface area contributed by atoms with Crippen LogP contribution in [0.15, 0.2) is 24.3 Å². The van der Waals surface area contributed by atoms with Crippen LogP contribution in [0.25, 0.3) is 0 Å². The van der Waals surface area contributed by atoms with Crippen molar-refractivity contribution in [2.75, 3.05) is 44.6 Å². The summed E-state index contributed by atoms with van der Waals surface area (Å²) in [5, 5.41) is 2.81. The molecule has 1 aromatic carbocycles. The van der Waals surface area contributed by atoms with E-state index in [9.17, 15) is 9.59 Å². The van der Waals surface area contributed by atoms with Gasteiger partial charge in [0, 0.05) is 52.7 Å². The number of rotatable bonds is 6. The molecule has 0 spiro atoms. The number of ether oxygens (including phenoxy) is 1. The minimum atomic E-state index is -0.168. The number of benzene rings is 1. The standard InChI is InChI=1S/C15H23N3O3/c1-12(19)18(3)14-8-6-13(7-9-14)16-15(20)17(2)10-5-11-21-4/h6-9H,5,10-11H2,1-4H3,(H,16,20). The van der Waals surface area contributed by atoms with Crippen LogP contribution < -0.4 is 10.2 Å². The zero-order chi connectivity index (χ0) is 15.8. The number of hydrogen-bond acceptors (Lipinski definition) is 3. The van der Waals surface area contributed by atoms with Gasteiger partial charge in [-0.2, -0.15) is 0 Å². The molecule has 1 N–H and O–H groups in total. The van der Waals surface area contributed by atoms with Crippen LogP contribution in [0.2, 0.25) is 0 Å². The number of amides is 3. The summed E-state index contributed by atoms with van der Waals surface area (Å²) < 4.78 is 4.95. The quantitative estimate of drug-likeness (QED) is 0.818. The summed E-state index contributed by atoms with van der Waals surface area (Å²) >= 11 is 0. The van der Waals surface area contributed by atoms with E-state index in [4.69, 9.17) is 4.74 Å². The summed E-state index contributed by atoms with van der Waals surface area (Å²) in [5.74, 6) is -0.0374. The van der Waals surface area contributed by atoms with Crippen LogP contribution >= 0.6 is 0 Å². The predicted octanol–water partition coefficient (Wildman–Crippen LogP) is 2.17. The molecule has 0 aromatic heterocycles. The topological polar surface area (TPSA) is 61.9 Å². The van der Waals surface area contributed by atoms with Crippen LogP contribution in [-0.4, -0.2) is 51.2 Å². The fourth-order valence-corrected chi connectivity index (χ4v) is 1.72. The molecule has 0 unspecified atom stereocenters. The predicted molar refractivity (Wildman–Crippen MR) is 83.7 cm³/mol. The Labute approximate surface area is 125 Å². The molecule has 1 aromatic rings. The highest BCUT2D eigenvalue weighted by Crippen LogP contribution is 2.17. The lowest BCUT2D eigenvalue weighted by Crippen LogP contribution is -2.32. The zero-order valence-electron chi connectivity index (χ0n) is 13.0. The Bertz CT molecular complexity index is 474. The summed E-state index contributed by atoms with van der Waals surface area (Å²) in [6.07, 6.45) is 0.794. The van der Waals surface area contributed by atoms with Gasteiger partial charge in [0.05, 0.1) is 0 Å². The highest BCUT2D eigenvalue weighted by molar-refractivity contribution is 5.92. The first kappa shape index (κ1) is 17.0. The smallest absolute Gasteiger partial charge is 0.321 e. The third-order valence-electron chi connectivity index (χ3n) is 3.17. The minimum absolute atomic E-state index is 0.0374. The van der Waals surface area contributed by atoms with Crippen LogP contribution in [0, 0.1) is 0 Å². The van der Waals surface area contributed by atoms with Gasteiger partial charge in [0.1, 0.15) is 0 Å². The van der Waals surface area contributed by atoms with E-state index in [1.54, 1.807) is 55.3 Å². The van der Waals surface area contributed by atoms with Crippen molar-refractivity contribution in [3.8, 4) is 0 Å². The average Bonchev–Trinajstić information content (AvgIpc) is 2.47. The summed E-state index contributed by atoms with van der Waals surface area (Å²) in [4.78, 5) is 26.4. The maximum absolute atomic E-state index is 11.9. The monoisotopic (exact) mass is 293 g/mol. The lowest BCUT2D eigenvalue weighted by molar-refractivity contribution is -0.116. The van der Waals surface area contributed by atoms with Gasteiger partial charge >= 0.3 is 6.03 Å². The van der Waals surface area contributed by atoms with Gasteiger partial charge in [-0.15, -0.1) is 0 Å². The second-order valence-corrected chi connectivity index (χ2v) is 4.82. The zero-order valence-corrected chi connectivity index (χ0v) is 13.0. The molecule has 0 fully saturated rings. The Hall–Kier alpha value is -2.08. The molecule has 0 aliphatic heterocycles. The Morgan fingerprint density at radius 2 is 1.81 bits per heavy atom. The Morgan fingerprint density at radius 3 is 2.33 bits per heavy atom. The first-order valence-electron chi connectivity index (χ1n) is 6.81. The minimum Gasteiger partial charge on any atom is -0.385 e. The van der Waals surface area contributed by atoms with E-state index < -0.39 is 0 Å². The summed E-state index contributed by atoms with van der Waals surface area (Å²) in [5.41, 5.74) is 1.48. The van der Waals surface area contributed by atoms with Gasteiger partial charge in [0.25, 0.3) is 0 Å². The van der Waals surface area contributed by atoms with E-state index in [0.29, 0.717) is 18.8 Å². The van der Waals surface area contributed by atoms with Crippen molar-refractivity contribution in [2.45, 2.75) is 13.3 Å². The average molecular weight is 293 g/mol. The van der Waals surface area contributed by atoms with Gasteiger partial charge in [0.2, 0.25) is 5.91 Å². The van der Waals surface area contributed by atoms with Crippen LogP contribution in [0.4, 0.5) is 16.2 Å². The molecule has 116 valence electrons. The van der Waals surface area contributed by atoms with Gasteiger partial charge in [-0.25, -0.2) is 4.79 Å². The van der Waals surface area contributed by atoms with Crippen molar-refractivity contribution in [3.63, 3.8) is 0 Å². The van der Waals surface area contributed by atoms with Crippen molar-refractivity contribution in [3.05, 3.63) is 24.3 Å². The summed E-state index contributed by atoms with van der Waals surface area (Å²) in [6, 6.07) is 6.97. The van der Waals surface area contributed by atoms with Crippen LogP contribution in [0.1, 0.15) is 13.3 Å². The molecule has 1 rings (SSSR count). The number of carbonyl (C=O) groups is 2. The molecule has 21 heavy (non-hydrogen) atoms. The number of hydrogen-bond donors (Lipinski definition) is 1. The summed E-state index contributed by atoms with van der Waals surface area (Å²) in [7, 11) is 5.09. The molecular formula is C15H23N3O3. The van der Waals surface area contributed by atoms with Crippen molar-refractivity contribution in [2.24, 2.45) is 0 Å². The highest BCUT2D eigenvalue weighted by Gasteiger charge is 2.09. The van der Waals surface area contributed by atoms with Crippen LogP contribution in [-0.2, 0) is 9.53 Å². The fraction of sp³-hybridized carbons (Fsp3) is 0.467. The molecule has 0 radical (unpaired) electrons. The van der Waals surface area contributed by atoms with Crippen molar-refractivity contribution < 1.29 is 14.3 Å². The summed E-state index contributed by atoms with van der Waals surface area (Å²) in [6.45, 7) is 2.76. The number of nitrogens with zero attached hydrogens (tertiary/aromatic N) is 2. The largest absolute Gasteiger partial charge is 0.385 e. The van der Waals surface area contributed by atoms with Gasteiger partial charge in [-0.1, -0.05) is 0 Å². The Kier molecular flexibility index (Phi) is 6.68. The molecule has 0 atom stereocenters. The van der Waals surface area contributed by atoms with E-state index in [0.717, 1.165) is 12.1 Å². The molecule has 6 nitrogen and oxygen atoms in total. The Balaban J connectivity index is 2.55. The molecule has 0 heterocycles. The van der Waals surface area contributed by atoms with E-state index in [1.807, 2.05) is 0 Å². The van der Waals surface area contributed by atoms with Gasteiger partial charge in [-0.05, 0) is 30.7 Å². The van der Waals surface area contributed by atoms with E-state index >= 15 is 0 Å². The number of urea groups is 1. The van der Waals surface area contributed by atoms with Gasteiger partial charge in [-0.3, -0.25) is 4.79 Å². The molecular weight excluding hydrogens is 270 g/mol. The first-order valence-corrected chi connectivity index (χ1v) is 6.81. The van der Waals surface area contributed by atoms with Crippen LogP contribution in [0.5, 0.6) is 0 Å². The lowest BCUT2D eigenvalue weighted by Gasteiger charge is -2.19. The third kappa shape index (κ3) is 5.43. The van der Waals surface area contributed by atoms with Crippen molar-refractivity contribution >= 4 is 23.3 Å². The molecule has 0 aliphatic rings. The fourth-order valence-electron chi connectivity index (χ4n) is 1.72. The number of methoxy groups -OCH3 is 1. The second kappa shape index (κ2) is 8.26. The molecule has 6 heteroatoms. The molecule has 3 amide bonds. The highest BCUT2D eigenvalue weighted by atomic mass is 16.5. The normalized spacial score (nSPS) is 10.1. The third-order valence-corrected chi connectivity index (χ3v) is 3.17. The van der Waals surface area contributed by atoms with E-state index in [1.165, 1.54) is 6.92 Å². The van der Waals surface area contributed by atoms with E-state index in [-0.39, 0.29) is 11.9 Å². The van der Waals surface area contributed by atoms with Crippen molar-refractivity contribution in [1.82, 2.24) is 4.90 Å². The molecule has 0 bridgehead atoms. The molecule has 0 saturated carbocycles. The van der Waals surface area contributed by atoms with Crippen molar-refractivity contribution in [1.29, 1.82) is 0 Å². The Morgan fingerprint density at radius 1 is 1.19 bits per heavy atom. The lowest BCUT2D eigenvalue weighted by atomic mass is 10.2. The maximum Gasteiger partial charge on any atom is 0.321 e. The second-order valence-electron chi connectivity index (χ2n) is 4.82. The SMILES string of the molecule is COCCCN(C)C(=O)Nc1ccc(N(C)C(C)=O)cc1. The van der Waals surface area contributed by atoms with Gasteiger partial charge < -0.3 is 19.9 Å². The number of anilines is 2.